The molecule has 1 unspecified atom stereocenters. The van der Waals surface area contributed by atoms with Gasteiger partial charge < -0.3 is 0 Å². The average molecular weight is 461 g/mol. The predicted molar refractivity (Wildman–Crippen MR) is 112 cm³/mol. The Kier molecular flexibility index (Phi) is 5.50. The molecule has 1 atom stereocenters. The number of rotatable bonds is 4. The van der Waals surface area contributed by atoms with Crippen molar-refractivity contribution in [3.8, 4) is 0 Å². The molecule has 144 valence electrons. The number of carbonyl (C=O) groups excluding carboxylic acids is 1. The number of hydrogen-bond donors (Lipinski definition) is 1. The van der Waals surface area contributed by atoms with Crippen LogP contribution in [0.1, 0.15) is 31.5 Å². The van der Waals surface area contributed by atoms with Crippen molar-refractivity contribution >= 4 is 44.5 Å². The van der Waals surface area contributed by atoms with Crippen molar-refractivity contribution < 1.29 is 9.18 Å². The zero-order valence-electron chi connectivity index (χ0n) is 15.2. The highest BCUT2D eigenvalue weighted by Gasteiger charge is 2.34. The summed E-state index contributed by atoms with van der Waals surface area (Å²) >= 11 is 4.98. The molecular weight excluding hydrogens is 443 g/mol. The minimum absolute atomic E-state index is 0.213. The van der Waals surface area contributed by atoms with Gasteiger partial charge in [-0.15, -0.1) is 5.10 Å². The average Bonchev–Trinajstić information content (AvgIpc) is 2.68. The second-order valence-corrected chi connectivity index (χ2v) is 8.47. The molecule has 28 heavy (non-hydrogen) atoms. The third kappa shape index (κ3) is 3.71. The van der Waals surface area contributed by atoms with E-state index >= 15 is 0 Å². The third-order valence-corrected chi connectivity index (χ3v) is 5.92. The van der Waals surface area contributed by atoms with Crippen LogP contribution in [-0.2, 0) is 4.79 Å². The molecule has 0 bridgehead atoms. The number of halogens is 2. The minimum Gasteiger partial charge on any atom is -0.298 e. The summed E-state index contributed by atoms with van der Waals surface area (Å²) in [5, 5.41) is 11.2. The van der Waals surface area contributed by atoms with Gasteiger partial charge in [-0.3, -0.25) is 15.1 Å². The Morgan fingerprint density at radius 3 is 2.79 bits per heavy atom. The summed E-state index contributed by atoms with van der Waals surface area (Å²) in [7, 11) is 0. The Morgan fingerprint density at radius 1 is 1.25 bits per heavy atom. The zero-order valence-corrected chi connectivity index (χ0v) is 17.6. The van der Waals surface area contributed by atoms with Gasteiger partial charge in [0.25, 0.3) is 5.91 Å². The van der Waals surface area contributed by atoms with Crippen LogP contribution in [0.4, 0.5) is 4.39 Å². The molecule has 5 nitrogen and oxygen atoms in total. The van der Waals surface area contributed by atoms with E-state index in [1.165, 1.54) is 23.9 Å². The fourth-order valence-electron chi connectivity index (χ4n) is 3.08. The molecule has 2 aliphatic rings. The largest absolute Gasteiger partial charge is 0.298 e. The van der Waals surface area contributed by atoms with E-state index in [2.05, 4.69) is 33.3 Å². The predicted octanol–water partition coefficient (Wildman–Crippen LogP) is 3.26. The van der Waals surface area contributed by atoms with Crippen molar-refractivity contribution in [3.05, 3.63) is 68.9 Å². The van der Waals surface area contributed by atoms with Crippen molar-refractivity contribution in [2.75, 3.05) is 5.75 Å². The van der Waals surface area contributed by atoms with Crippen LogP contribution in [0.2, 0.25) is 0 Å². The fraction of sp³-hybridized carbons (Fsp3) is 0.250. The quantitative estimate of drug-likeness (QED) is 0.712. The first-order chi connectivity index (χ1) is 13.6. The van der Waals surface area contributed by atoms with Crippen molar-refractivity contribution in [2.45, 2.75) is 25.9 Å². The SMILES string of the molecule is CCCCSC1=NN2C(=c3cc(Br)ccc3=NC2c2ccc(F)cc2)C(=O)N1. The van der Waals surface area contributed by atoms with Crippen LogP contribution >= 0.6 is 27.7 Å². The van der Waals surface area contributed by atoms with Gasteiger partial charge in [0, 0.05) is 15.4 Å². The minimum atomic E-state index is -0.530. The zero-order chi connectivity index (χ0) is 19.7. The number of thioether (sulfide) groups is 1. The maximum atomic E-state index is 13.4. The summed E-state index contributed by atoms with van der Waals surface area (Å²) in [6, 6.07) is 11.8. The van der Waals surface area contributed by atoms with Gasteiger partial charge in [0.15, 0.2) is 11.3 Å². The molecule has 0 radical (unpaired) electrons. The molecule has 0 fully saturated rings. The Morgan fingerprint density at radius 2 is 2.04 bits per heavy atom. The first kappa shape index (κ1) is 19.1. The van der Waals surface area contributed by atoms with Gasteiger partial charge in [0.1, 0.15) is 11.5 Å². The maximum Gasteiger partial charge on any atom is 0.276 e. The van der Waals surface area contributed by atoms with Gasteiger partial charge in [0.2, 0.25) is 0 Å². The van der Waals surface area contributed by atoms with E-state index in [1.54, 1.807) is 17.1 Å². The van der Waals surface area contributed by atoms with Crippen LogP contribution in [0.3, 0.4) is 0 Å². The fourth-order valence-corrected chi connectivity index (χ4v) is 4.38. The molecule has 0 saturated heterocycles. The van der Waals surface area contributed by atoms with E-state index in [-0.39, 0.29) is 11.7 Å². The maximum absolute atomic E-state index is 13.4. The number of nitrogens with zero attached hydrogens (tertiary/aromatic N) is 3. The molecular formula is C20H18BrFN4OS. The molecule has 0 aliphatic carbocycles. The molecule has 0 aromatic heterocycles. The van der Waals surface area contributed by atoms with E-state index in [9.17, 15) is 9.18 Å². The molecule has 0 saturated carbocycles. The van der Waals surface area contributed by atoms with Crippen molar-refractivity contribution in [3.63, 3.8) is 0 Å². The molecule has 1 amide bonds. The number of amidine groups is 1. The molecule has 2 heterocycles. The lowest BCUT2D eigenvalue weighted by molar-refractivity contribution is -0.116. The van der Waals surface area contributed by atoms with Gasteiger partial charge in [0.05, 0.1) is 5.36 Å². The summed E-state index contributed by atoms with van der Waals surface area (Å²) in [6.45, 7) is 2.12. The van der Waals surface area contributed by atoms with Gasteiger partial charge in [-0.25, -0.2) is 9.40 Å². The number of unbranched alkanes of at least 4 members (excludes halogenated alkanes) is 1. The number of nitrogens with one attached hydrogen (secondary N) is 1. The summed E-state index contributed by atoms with van der Waals surface area (Å²) in [5.41, 5.74) is 1.21. The highest BCUT2D eigenvalue weighted by Crippen LogP contribution is 2.31. The Balaban J connectivity index is 1.85. The first-order valence-electron chi connectivity index (χ1n) is 9.02. The van der Waals surface area contributed by atoms with Crippen molar-refractivity contribution in [1.82, 2.24) is 10.3 Å². The molecule has 4 rings (SSSR count). The molecule has 0 spiro atoms. The van der Waals surface area contributed by atoms with Crippen molar-refractivity contribution in [2.24, 2.45) is 10.1 Å². The summed E-state index contributed by atoms with van der Waals surface area (Å²) in [5.74, 6) is 0.346. The third-order valence-electron chi connectivity index (χ3n) is 4.47. The van der Waals surface area contributed by atoms with Crippen LogP contribution in [-0.4, -0.2) is 21.8 Å². The van der Waals surface area contributed by atoms with E-state index in [0.29, 0.717) is 21.4 Å². The summed E-state index contributed by atoms with van der Waals surface area (Å²) in [6.07, 6.45) is 1.58. The highest BCUT2D eigenvalue weighted by atomic mass is 79.9. The normalized spacial score (nSPS) is 18.0. The van der Waals surface area contributed by atoms with Crippen molar-refractivity contribution in [1.29, 1.82) is 0 Å². The van der Waals surface area contributed by atoms with Crippen LogP contribution in [0.5, 0.6) is 0 Å². The number of carbonyl (C=O) groups is 1. The molecule has 2 aromatic rings. The van der Waals surface area contributed by atoms with Crippen LogP contribution in [0.25, 0.3) is 5.70 Å². The molecule has 2 aliphatic heterocycles. The van der Waals surface area contributed by atoms with E-state index in [4.69, 9.17) is 4.99 Å². The lowest BCUT2D eigenvalue weighted by Crippen LogP contribution is -2.50. The van der Waals surface area contributed by atoms with E-state index in [1.807, 2.05) is 18.2 Å². The van der Waals surface area contributed by atoms with Crippen LogP contribution < -0.4 is 15.9 Å². The number of hydrazone groups is 1. The smallest absolute Gasteiger partial charge is 0.276 e. The Bertz CT molecular complexity index is 1070. The number of hydrogen-bond acceptors (Lipinski definition) is 5. The Labute approximate surface area is 174 Å². The topological polar surface area (TPSA) is 57.1 Å². The summed E-state index contributed by atoms with van der Waals surface area (Å²) in [4.78, 5) is 17.8. The standard InChI is InChI=1S/C20H18BrFN4OS/c1-2-3-10-28-20-24-19(27)17-15-11-13(21)6-9-16(15)23-18(26(17)25-20)12-4-7-14(22)8-5-12/h4-9,11,18H,2-3,10H2,1H3,(H,24,25,27). The lowest BCUT2D eigenvalue weighted by Gasteiger charge is -2.34. The van der Waals surface area contributed by atoms with Gasteiger partial charge in [-0.05, 0) is 42.3 Å². The Hall–Kier alpha value is -2.19. The van der Waals surface area contributed by atoms with Gasteiger partial charge in [-0.1, -0.05) is 53.2 Å². The monoisotopic (exact) mass is 460 g/mol. The van der Waals surface area contributed by atoms with E-state index in [0.717, 1.165) is 28.6 Å². The molecule has 8 heteroatoms. The number of amides is 1. The molecule has 2 aromatic carbocycles. The lowest BCUT2D eigenvalue weighted by atomic mass is 10.1. The molecule has 1 N–H and O–H groups in total. The second-order valence-electron chi connectivity index (χ2n) is 6.47. The van der Waals surface area contributed by atoms with Crippen LogP contribution in [0, 0.1) is 5.82 Å². The summed E-state index contributed by atoms with van der Waals surface area (Å²) < 4.78 is 14.3. The second kappa shape index (κ2) is 8.05. The van der Waals surface area contributed by atoms with E-state index < -0.39 is 6.17 Å². The van der Waals surface area contributed by atoms with Gasteiger partial charge in [-0.2, -0.15) is 0 Å². The highest BCUT2D eigenvalue weighted by molar-refractivity contribution is 9.10. The first-order valence-corrected chi connectivity index (χ1v) is 10.8. The van der Waals surface area contributed by atoms with Crippen LogP contribution in [0.15, 0.2) is 57.0 Å². The number of fused-ring (bicyclic) bond motifs is 2. The number of benzene rings is 2. The van der Waals surface area contributed by atoms with Gasteiger partial charge >= 0.3 is 0 Å².